The van der Waals surface area contributed by atoms with Crippen LogP contribution >= 0.6 is 35.3 Å². The predicted octanol–water partition coefficient (Wildman–Crippen LogP) is 14.0. The van der Waals surface area contributed by atoms with Crippen molar-refractivity contribution in [2.75, 3.05) is 0 Å². The third-order valence-electron chi connectivity index (χ3n) is 10.2. The van der Waals surface area contributed by atoms with Crippen LogP contribution in [0.25, 0.3) is 0 Å². The molecule has 0 saturated heterocycles. The van der Waals surface area contributed by atoms with E-state index in [-0.39, 0.29) is 28.2 Å². The summed E-state index contributed by atoms with van der Waals surface area (Å²) in [6, 6.07) is 44.5. The maximum atomic E-state index is 12.0. The fraction of sp³-hybridized carbons (Fsp3) is 0.184. The smallest absolute Gasteiger partial charge is 0.295 e. The van der Waals surface area contributed by atoms with E-state index in [4.69, 9.17) is 0 Å². The number of ketones is 3. The molecule has 0 radical (unpaired) electrons. The molecule has 6 aromatic carbocycles. The SMILES string of the molecule is CC(=O)c1ccc(Sc2ccc([S+](c3ccc(Sc4ccc(C(C)=O)c(C)c4)cc3)c3ccc(Sc4ccc(C(C)=O)c(C)c4)cc3)cc2)cc1C.O=S(=O)([C-](S(=O)(=O)C(F)(F)F)S(=O)(=O)C(F)(F)F)C(F)(F)F. The van der Waals surface area contributed by atoms with Crippen LogP contribution in [0, 0.1) is 24.7 Å². The van der Waals surface area contributed by atoms with E-state index in [1.54, 1.807) is 56.1 Å². The van der Waals surface area contributed by atoms with Gasteiger partial charge in [-0.2, -0.15) is 39.5 Å². The minimum absolute atomic E-state index is 0.0838. The lowest BCUT2D eigenvalue weighted by Crippen LogP contribution is -2.47. The van der Waals surface area contributed by atoms with Gasteiger partial charge in [-0.25, -0.2) is 0 Å². The highest BCUT2D eigenvalue weighted by Crippen LogP contribution is 2.48. The summed E-state index contributed by atoms with van der Waals surface area (Å²) in [5, 5.41) is 0. The van der Waals surface area contributed by atoms with Crippen LogP contribution < -0.4 is 0 Å². The van der Waals surface area contributed by atoms with Crippen LogP contribution in [0.4, 0.5) is 39.5 Å². The molecule has 0 spiro atoms. The molecular weight excluding hydrogens is 1130 g/mol. The van der Waals surface area contributed by atoms with Crippen molar-refractivity contribution in [2.24, 2.45) is 0 Å². The number of hydrogen-bond donors (Lipinski definition) is 0. The highest BCUT2D eigenvalue weighted by atomic mass is 32.3. The second-order valence-electron chi connectivity index (χ2n) is 15.7. The van der Waals surface area contributed by atoms with Crippen molar-refractivity contribution < 1.29 is 79.2 Å². The average Bonchev–Trinajstić information content (AvgIpc) is 3.27. The third kappa shape index (κ3) is 13.9. The number of carbonyl (C=O) groups is 3. The molecule has 0 aliphatic rings. The highest BCUT2D eigenvalue weighted by molar-refractivity contribution is 8.29. The first kappa shape index (κ1) is 59.8. The Labute approximate surface area is 436 Å². The normalized spacial score (nSPS) is 12.6. The van der Waals surface area contributed by atoms with Crippen molar-refractivity contribution in [3.8, 4) is 0 Å². The number of Topliss-reactive ketones (excluding diaryl/α,β-unsaturated/α-hetero) is 3. The molecular formula is C49H39F9O9S7. The molecule has 0 bridgehead atoms. The molecule has 0 N–H and O–H groups in total. The number of carbonyl (C=O) groups excluding carboxylic acids is 3. The van der Waals surface area contributed by atoms with Crippen LogP contribution in [0.2, 0.25) is 0 Å². The first-order valence-corrected chi connectivity index (χ1v) is 28.9. The number of benzene rings is 6. The summed E-state index contributed by atoms with van der Waals surface area (Å²) >= 11 is 5.09. The maximum Gasteiger partial charge on any atom is 0.470 e. The first-order chi connectivity index (χ1) is 34.1. The molecule has 0 amide bonds. The van der Waals surface area contributed by atoms with E-state index < -0.39 is 50.0 Å². The zero-order chi connectivity index (χ0) is 55.5. The largest absolute Gasteiger partial charge is 0.470 e. The van der Waals surface area contributed by atoms with Crippen LogP contribution in [0.1, 0.15) is 68.5 Å². The van der Waals surface area contributed by atoms with Gasteiger partial charge < -0.3 is 0 Å². The third-order valence-corrected chi connectivity index (χ3v) is 22.5. The number of alkyl halides is 9. The lowest BCUT2D eigenvalue weighted by Gasteiger charge is -2.31. The highest BCUT2D eigenvalue weighted by Gasteiger charge is 2.63. The molecule has 0 saturated carbocycles. The second-order valence-corrected chi connectivity index (χ2v) is 27.6. The minimum atomic E-state index is -8.02. The lowest BCUT2D eigenvalue weighted by molar-refractivity contribution is -0.0471. The Morgan fingerprint density at radius 1 is 0.378 bits per heavy atom. The van der Waals surface area contributed by atoms with Gasteiger partial charge in [0.15, 0.2) is 61.5 Å². The van der Waals surface area contributed by atoms with E-state index in [1.807, 2.05) is 57.2 Å². The van der Waals surface area contributed by atoms with Gasteiger partial charge in [0.25, 0.3) is 0 Å². The lowest BCUT2D eigenvalue weighted by atomic mass is 10.1. The predicted molar refractivity (Wildman–Crippen MR) is 266 cm³/mol. The van der Waals surface area contributed by atoms with Crippen molar-refractivity contribution in [1.29, 1.82) is 0 Å². The number of rotatable bonds is 15. The zero-order valence-corrected chi connectivity index (χ0v) is 44.8. The number of aryl methyl sites for hydroxylation is 3. The quantitative estimate of drug-likeness (QED) is 0.0416. The van der Waals surface area contributed by atoms with Crippen LogP contribution in [-0.4, -0.2) is 59.1 Å². The summed E-state index contributed by atoms with van der Waals surface area (Å²) in [5.74, 6) is 0.251. The molecule has 0 aromatic heterocycles. The fourth-order valence-corrected chi connectivity index (χ4v) is 17.3. The summed E-state index contributed by atoms with van der Waals surface area (Å²) in [6.07, 6.45) is 0. The summed E-state index contributed by atoms with van der Waals surface area (Å²) in [6.45, 7) is 10.8. The Morgan fingerprint density at radius 2 is 0.581 bits per heavy atom. The van der Waals surface area contributed by atoms with Crippen molar-refractivity contribution in [3.63, 3.8) is 0 Å². The van der Waals surface area contributed by atoms with Gasteiger partial charge in [-0.3, -0.25) is 39.6 Å². The molecule has 0 aliphatic carbocycles. The Morgan fingerprint density at radius 3 is 0.757 bits per heavy atom. The van der Waals surface area contributed by atoms with Crippen LogP contribution in [0.3, 0.4) is 0 Å². The van der Waals surface area contributed by atoms with E-state index in [2.05, 4.69) is 91.0 Å². The number of hydrogen-bond acceptors (Lipinski definition) is 12. The molecule has 0 aliphatic heterocycles. The monoisotopic (exact) mass is 1170 g/mol. The molecule has 0 fully saturated rings. The summed E-state index contributed by atoms with van der Waals surface area (Å²) in [4.78, 5) is 46.2. The molecule has 394 valence electrons. The molecule has 74 heavy (non-hydrogen) atoms. The number of halogens is 9. The molecule has 25 heteroatoms. The van der Waals surface area contributed by atoms with Gasteiger partial charge in [0, 0.05) is 46.1 Å². The van der Waals surface area contributed by atoms with E-state index >= 15 is 0 Å². The van der Waals surface area contributed by atoms with Crippen LogP contribution in [0.15, 0.2) is 171 Å². The molecule has 6 rings (SSSR count). The molecule has 0 atom stereocenters. The molecule has 0 heterocycles. The van der Waals surface area contributed by atoms with Crippen LogP contribution in [0.5, 0.6) is 0 Å². The van der Waals surface area contributed by atoms with Gasteiger partial charge in [-0.15, -0.1) is 0 Å². The van der Waals surface area contributed by atoms with Crippen molar-refractivity contribution in [2.45, 2.75) is 102 Å². The van der Waals surface area contributed by atoms with Gasteiger partial charge in [0.05, 0.1) is 14.8 Å². The van der Waals surface area contributed by atoms with Gasteiger partial charge >= 0.3 is 16.5 Å². The average molecular weight is 1170 g/mol. The van der Waals surface area contributed by atoms with Gasteiger partial charge in [-0.05, 0) is 167 Å². The second kappa shape index (κ2) is 23.1. The van der Waals surface area contributed by atoms with E-state index in [0.717, 1.165) is 62.8 Å². The molecule has 0 unspecified atom stereocenters. The van der Waals surface area contributed by atoms with Crippen LogP contribution in [-0.2, 0) is 40.4 Å². The molecule has 9 nitrogen and oxygen atoms in total. The Bertz CT molecular complexity index is 3070. The van der Waals surface area contributed by atoms with Crippen molar-refractivity contribution in [3.05, 3.63) is 165 Å². The van der Waals surface area contributed by atoms with Gasteiger partial charge in [0.1, 0.15) is 0 Å². The van der Waals surface area contributed by atoms with Gasteiger partial charge in [0.2, 0.25) is 0 Å². The summed E-state index contributed by atoms with van der Waals surface area (Å²) < 4.78 is 167. The van der Waals surface area contributed by atoms with Crippen molar-refractivity contribution >= 4 is 93.0 Å². The first-order valence-electron chi connectivity index (χ1n) is 20.8. The zero-order valence-electron chi connectivity index (χ0n) is 39.1. The molecule has 6 aromatic rings. The number of sulfone groups is 3. The van der Waals surface area contributed by atoms with E-state index in [1.165, 1.54) is 14.7 Å². The Kier molecular flexibility index (Phi) is 18.6. The maximum absolute atomic E-state index is 12.0. The van der Waals surface area contributed by atoms with E-state index in [9.17, 15) is 79.2 Å². The Hall–Kier alpha value is -5.05. The van der Waals surface area contributed by atoms with E-state index in [0.29, 0.717) is 0 Å². The minimum Gasteiger partial charge on any atom is -0.295 e. The summed E-state index contributed by atoms with van der Waals surface area (Å²) in [5.41, 5.74) is -15.9. The van der Waals surface area contributed by atoms with Gasteiger partial charge in [-0.1, -0.05) is 53.5 Å². The van der Waals surface area contributed by atoms with Crippen molar-refractivity contribution in [1.82, 2.24) is 0 Å². The fourth-order valence-electron chi connectivity index (χ4n) is 6.75. The summed E-state index contributed by atoms with van der Waals surface area (Å²) in [7, 11) is -24.4. The standard InChI is InChI=1S/C45H39O3S4.C4F9O6S3/c1-28-25-37(13-22-43(28)31(4)46)49-34-7-16-40(17-8-34)52(41-18-9-35(10-19-41)50-38-14-23-44(32(5)47)29(2)26-38)42-20-11-36(12-21-42)51-39-15-24-45(33(6)48)30(3)27-39;5-2(6,7)20(14,15)1(21(16,17)3(8,9)10)22(18,19)4(11,12)13/h7-27H,1-6H3;/q+1;-1. The topological polar surface area (TPSA) is 154 Å². The Balaban J connectivity index is 0.000000389.